The van der Waals surface area contributed by atoms with Gasteiger partial charge in [0, 0.05) is 17.1 Å². The molecule has 1 aromatic carbocycles. The number of hydrogen-bond acceptors (Lipinski definition) is 4. The van der Waals surface area contributed by atoms with E-state index in [0.717, 1.165) is 17.7 Å². The highest BCUT2D eigenvalue weighted by Crippen LogP contribution is 2.28. The Morgan fingerprint density at radius 1 is 1.40 bits per heavy atom. The van der Waals surface area contributed by atoms with Crippen LogP contribution in [0.1, 0.15) is 19.8 Å². The van der Waals surface area contributed by atoms with E-state index in [4.69, 9.17) is 17.3 Å². The third-order valence-corrected chi connectivity index (χ3v) is 3.88. The lowest BCUT2D eigenvalue weighted by Gasteiger charge is -2.07. The summed E-state index contributed by atoms with van der Waals surface area (Å²) in [5.41, 5.74) is 6.15. The number of thioether (sulfide) groups is 1. The summed E-state index contributed by atoms with van der Waals surface area (Å²) in [7, 11) is 0. The molecule has 0 saturated carbocycles. The van der Waals surface area contributed by atoms with Crippen LogP contribution in [0.3, 0.4) is 0 Å². The molecule has 0 heterocycles. The van der Waals surface area contributed by atoms with Crippen LogP contribution in [0, 0.1) is 0 Å². The number of carbonyl (C=O) groups is 2. The lowest BCUT2D eigenvalue weighted by molar-refractivity contribution is -0.117. The summed E-state index contributed by atoms with van der Waals surface area (Å²) >= 11 is 7.25. The van der Waals surface area contributed by atoms with Gasteiger partial charge in [-0.15, -0.1) is 11.8 Å². The minimum absolute atomic E-state index is 0.116. The molecule has 0 fully saturated rings. The summed E-state index contributed by atoms with van der Waals surface area (Å²) in [6.07, 6.45) is 1.87. The van der Waals surface area contributed by atoms with Crippen molar-refractivity contribution in [2.24, 2.45) is 0 Å². The summed E-state index contributed by atoms with van der Waals surface area (Å²) in [6.45, 7) is 2.59. The smallest absolute Gasteiger partial charge is 0.321 e. The lowest BCUT2D eigenvalue weighted by atomic mass is 10.3. The summed E-state index contributed by atoms with van der Waals surface area (Å²) in [5.74, 6) is -0.248. The molecule has 5 nitrogen and oxygen atoms in total. The fourth-order valence-corrected chi connectivity index (χ4v) is 2.44. The van der Waals surface area contributed by atoms with E-state index in [1.54, 1.807) is 18.2 Å². The molecule has 110 valence electrons. The van der Waals surface area contributed by atoms with Gasteiger partial charge in [0.15, 0.2) is 0 Å². The average molecular weight is 316 g/mol. The van der Waals surface area contributed by atoms with E-state index < -0.39 is 6.03 Å². The number of hydrogen-bond donors (Lipinski definition) is 3. The molecule has 0 unspecified atom stereocenters. The van der Waals surface area contributed by atoms with Gasteiger partial charge in [0.1, 0.15) is 0 Å². The SMILES string of the molecule is CCCCNC(=O)NC(=O)CSc1ccc(N)cc1Cl. The molecular formula is C13H18ClN3O2S. The Morgan fingerprint density at radius 3 is 2.80 bits per heavy atom. The monoisotopic (exact) mass is 315 g/mol. The predicted octanol–water partition coefficient (Wildman–Crippen LogP) is 2.64. The Labute approximate surface area is 127 Å². The van der Waals surface area contributed by atoms with Gasteiger partial charge in [-0.1, -0.05) is 24.9 Å². The van der Waals surface area contributed by atoms with Crippen molar-refractivity contribution in [3.8, 4) is 0 Å². The van der Waals surface area contributed by atoms with E-state index in [1.807, 2.05) is 6.92 Å². The fourth-order valence-electron chi connectivity index (χ4n) is 1.36. The van der Waals surface area contributed by atoms with Crippen LogP contribution in [-0.4, -0.2) is 24.2 Å². The first kappa shape index (κ1) is 16.7. The number of carbonyl (C=O) groups excluding carboxylic acids is 2. The Bertz CT molecular complexity index is 483. The van der Waals surface area contributed by atoms with Crippen LogP contribution in [0.15, 0.2) is 23.1 Å². The standard InChI is InChI=1S/C13H18ClN3O2S/c1-2-3-6-16-13(19)17-12(18)8-20-11-5-4-9(15)7-10(11)14/h4-5,7H,2-3,6,8,15H2,1H3,(H2,16,17,18,19). The van der Waals surface area contributed by atoms with Gasteiger partial charge >= 0.3 is 6.03 Å². The maximum atomic E-state index is 11.6. The fraction of sp³-hybridized carbons (Fsp3) is 0.385. The average Bonchev–Trinajstić information content (AvgIpc) is 2.38. The maximum absolute atomic E-state index is 11.6. The van der Waals surface area contributed by atoms with Crippen LogP contribution in [0.25, 0.3) is 0 Å². The van der Waals surface area contributed by atoms with E-state index in [2.05, 4.69) is 10.6 Å². The number of urea groups is 1. The number of rotatable bonds is 6. The molecule has 0 radical (unpaired) electrons. The molecule has 0 aliphatic heterocycles. The molecule has 1 aromatic rings. The number of halogens is 1. The van der Waals surface area contributed by atoms with E-state index in [0.29, 0.717) is 17.3 Å². The molecule has 4 N–H and O–H groups in total. The summed E-state index contributed by atoms with van der Waals surface area (Å²) < 4.78 is 0. The van der Waals surface area contributed by atoms with Crippen LogP contribution in [-0.2, 0) is 4.79 Å². The Morgan fingerprint density at radius 2 is 2.15 bits per heavy atom. The second kappa shape index (κ2) is 8.71. The molecule has 20 heavy (non-hydrogen) atoms. The third kappa shape index (κ3) is 6.16. The van der Waals surface area contributed by atoms with Gasteiger partial charge in [-0.2, -0.15) is 0 Å². The van der Waals surface area contributed by atoms with Crippen LogP contribution in [0.5, 0.6) is 0 Å². The molecular weight excluding hydrogens is 298 g/mol. The van der Waals surface area contributed by atoms with Crippen molar-refractivity contribution in [1.29, 1.82) is 0 Å². The molecule has 0 aliphatic rings. The zero-order valence-electron chi connectivity index (χ0n) is 11.2. The van der Waals surface area contributed by atoms with E-state index in [-0.39, 0.29) is 11.7 Å². The molecule has 0 saturated heterocycles. The van der Waals surface area contributed by atoms with Crippen molar-refractivity contribution >= 4 is 41.0 Å². The van der Waals surface area contributed by atoms with Gasteiger partial charge in [0.25, 0.3) is 0 Å². The number of amides is 3. The zero-order chi connectivity index (χ0) is 15.0. The number of nitrogens with one attached hydrogen (secondary N) is 2. The van der Waals surface area contributed by atoms with Gasteiger partial charge < -0.3 is 11.1 Å². The molecule has 3 amide bonds. The van der Waals surface area contributed by atoms with Crippen molar-refractivity contribution < 1.29 is 9.59 Å². The Balaban J connectivity index is 2.34. The highest BCUT2D eigenvalue weighted by atomic mass is 35.5. The number of nitrogen functional groups attached to an aromatic ring is 1. The van der Waals surface area contributed by atoms with Crippen molar-refractivity contribution in [2.45, 2.75) is 24.7 Å². The molecule has 1 rings (SSSR count). The first-order valence-electron chi connectivity index (χ1n) is 6.28. The van der Waals surface area contributed by atoms with Crippen molar-refractivity contribution in [3.05, 3.63) is 23.2 Å². The van der Waals surface area contributed by atoms with Gasteiger partial charge in [-0.05, 0) is 24.6 Å². The maximum Gasteiger partial charge on any atom is 0.321 e. The minimum Gasteiger partial charge on any atom is -0.399 e. The Kier molecular flexibility index (Phi) is 7.25. The topological polar surface area (TPSA) is 84.2 Å². The molecule has 0 bridgehead atoms. The van der Waals surface area contributed by atoms with Crippen LogP contribution < -0.4 is 16.4 Å². The molecule has 0 atom stereocenters. The van der Waals surface area contributed by atoms with Gasteiger partial charge in [-0.25, -0.2) is 4.79 Å². The highest BCUT2D eigenvalue weighted by molar-refractivity contribution is 8.00. The normalized spacial score (nSPS) is 10.1. The molecule has 0 aromatic heterocycles. The molecule has 0 aliphatic carbocycles. The van der Waals surface area contributed by atoms with Gasteiger partial charge in [-0.3, -0.25) is 10.1 Å². The molecule has 7 heteroatoms. The minimum atomic E-state index is -0.465. The first-order chi connectivity index (χ1) is 9.52. The zero-order valence-corrected chi connectivity index (χ0v) is 12.8. The van der Waals surface area contributed by atoms with Crippen LogP contribution in [0.4, 0.5) is 10.5 Å². The molecule has 0 spiro atoms. The van der Waals surface area contributed by atoms with E-state index in [1.165, 1.54) is 11.8 Å². The van der Waals surface area contributed by atoms with Crippen molar-refractivity contribution in [3.63, 3.8) is 0 Å². The quantitative estimate of drug-likeness (QED) is 0.428. The van der Waals surface area contributed by atoms with Gasteiger partial charge in [0.05, 0.1) is 10.8 Å². The summed E-state index contributed by atoms with van der Waals surface area (Å²) in [4.78, 5) is 23.7. The number of nitrogens with two attached hydrogens (primary N) is 1. The third-order valence-electron chi connectivity index (χ3n) is 2.38. The number of anilines is 1. The number of imide groups is 1. The number of unbranched alkanes of at least 4 members (excludes halogenated alkanes) is 1. The van der Waals surface area contributed by atoms with Crippen LogP contribution in [0.2, 0.25) is 5.02 Å². The van der Waals surface area contributed by atoms with Crippen LogP contribution >= 0.6 is 23.4 Å². The van der Waals surface area contributed by atoms with E-state index >= 15 is 0 Å². The summed E-state index contributed by atoms with van der Waals surface area (Å²) in [6, 6.07) is 4.62. The van der Waals surface area contributed by atoms with E-state index in [9.17, 15) is 9.59 Å². The summed E-state index contributed by atoms with van der Waals surface area (Å²) in [5, 5.41) is 5.37. The number of benzene rings is 1. The predicted molar refractivity (Wildman–Crippen MR) is 83.0 cm³/mol. The lowest BCUT2D eigenvalue weighted by Crippen LogP contribution is -2.40. The second-order valence-electron chi connectivity index (χ2n) is 4.14. The Hall–Kier alpha value is -1.40. The second-order valence-corrected chi connectivity index (χ2v) is 5.56. The highest BCUT2D eigenvalue weighted by Gasteiger charge is 2.09. The van der Waals surface area contributed by atoms with Crippen molar-refractivity contribution in [1.82, 2.24) is 10.6 Å². The largest absolute Gasteiger partial charge is 0.399 e. The first-order valence-corrected chi connectivity index (χ1v) is 7.64. The van der Waals surface area contributed by atoms with Gasteiger partial charge in [0.2, 0.25) is 5.91 Å². The van der Waals surface area contributed by atoms with Crippen molar-refractivity contribution in [2.75, 3.05) is 18.0 Å².